The van der Waals surface area contributed by atoms with Gasteiger partial charge < -0.3 is 4.74 Å². The summed E-state index contributed by atoms with van der Waals surface area (Å²) >= 11 is 0. The molecule has 1 aliphatic heterocycles. The molecule has 13 heavy (non-hydrogen) atoms. The van der Waals surface area contributed by atoms with E-state index in [-0.39, 0.29) is 5.78 Å². The molecule has 70 valence electrons. The minimum Gasteiger partial charge on any atom is -0.467 e. The smallest absolute Gasteiger partial charge is 0.337 e. The van der Waals surface area contributed by atoms with Gasteiger partial charge in [0.25, 0.3) is 0 Å². The molecule has 0 bridgehead atoms. The summed E-state index contributed by atoms with van der Waals surface area (Å²) in [6.45, 7) is 3.03. The highest BCUT2D eigenvalue weighted by Crippen LogP contribution is 2.21. The summed E-state index contributed by atoms with van der Waals surface area (Å²) in [5.41, 5.74) is -0.566. The van der Waals surface area contributed by atoms with Gasteiger partial charge in [0, 0.05) is 11.8 Å². The molecule has 0 aromatic rings. The molecule has 0 saturated heterocycles. The molecule has 0 fully saturated rings. The Balaban J connectivity index is 2.95. The third-order valence-electron chi connectivity index (χ3n) is 1.91. The number of esters is 1. The van der Waals surface area contributed by atoms with Crippen molar-refractivity contribution >= 4 is 18.0 Å². The van der Waals surface area contributed by atoms with Crippen LogP contribution in [0.2, 0.25) is 0 Å². The van der Waals surface area contributed by atoms with Gasteiger partial charge in [0.2, 0.25) is 0 Å². The highest BCUT2D eigenvalue weighted by Gasteiger charge is 2.35. The van der Waals surface area contributed by atoms with Crippen LogP contribution < -0.4 is 0 Å². The monoisotopic (exact) mass is 181 g/mol. The molecule has 1 heterocycles. The fourth-order valence-corrected chi connectivity index (χ4v) is 1.09. The van der Waals surface area contributed by atoms with Crippen LogP contribution in [0.5, 0.6) is 0 Å². The Bertz CT molecular complexity index is 317. The predicted molar refractivity (Wildman–Crippen MR) is 47.7 cm³/mol. The van der Waals surface area contributed by atoms with Crippen LogP contribution in [0, 0.1) is 0 Å². The quantitative estimate of drug-likeness (QED) is 0.583. The largest absolute Gasteiger partial charge is 0.467 e. The molecule has 1 rings (SSSR count). The zero-order valence-electron chi connectivity index (χ0n) is 7.83. The van der Waals surface area contributed by atoms with Crippen molar-refractivity contribution in [3.05, 3.63) is 11.6 Å². The summed E-state index contributed by atoms with van der Waals surface area (Å²) in [6.07, 6.45) is 2.92. The number of aliphatic imine (C=N–C) groups is 1. The van der Waals surface area contributed by atoms with E-state index in [1.807, 2.05) is 0 Å². The third kappa shape index (κ3) is 1.66. The van der Waals surface area contributed by atoms with Gasteiger partial charge in [0.15, 0.2) is 11.3 Å². The Morgan fingerprint density at radius 1 is 1.54 bits per heavy atom. The van der Waals surface area contributed by atoms with Gasteiger partial charge in [0.1, 0.15) is 0 Å². The zero-order valence-corrected chi connectivity index (χ0v) is 7.83. The lowest BCUT2D eigenvalue weighted by atomic mass is 10.0. The molecule has 4 heteroatoms. The number of rotatable bonds is 2. The molecule has 1 aliphatic rings. The van der Waals surface area contributed by atoms with Crippen molar-refractivity contribution in [3.63, 3.8) is 0 Å². The molecule has 0 radical (unpaired) electrons. The van der Waals surface area contributed by atoms with Crippen molar-refractivity contribution in [2.45, 2.75) is 19.4 Å². The first-order valence-corrected chi connectivity index (χ1v) is 3.87. The second-order valence-corrected chi connectivity index (χ2v) is 3.05. The zero-order chi connectivity index (χ0) is 10.1. The van der Waals surface area contributed by atoms with Crippen molar-refractivity contribution in [2.75, 3.05) is 7.11 Å². The average molecular weight is 181 g/mol. The normalized spacial score (nSPS) is 25.6. The van der Waals surface area contributed by atoms with Crippen LogP contribution >= 0.6 is 0 Å². The Morgan fingerprint density at radius 2 is 2.15 bits per heavy atom. The van der Waals surface area contributed by atoms with Crippen LogP contribution in [0.1, 0.15) is 13.8 Å². The van der Waals surface area contributed by atoms with Gasteiger partial charge in [-0.05, 0) is 19.9 Å². The SMILES string of the molecule is COC(=O)C1(C)C=C(C(C)=O)C=N1. The van der Waals surface area contributed by atoms with Gasteiger partial charge in [-0.2, -0.15) is 0 Å². The summed E-state index contributed by atoms with van der Waals surface area (Å²) in [7, 11) is 1.29. The number of allylic oxidation sites excluding steroid dienone is 1. The van der Waals surface area contributed by atoms with Gasteiger partial charge in [-0.15, -0.1) is 0 Å². The number of carbonyl (C=O) groups excluding carboxylic acids is 2. The Morgan fingerprint density at radius 3 is 2.54 bits per heavy atom. The van der Waals surface area contributed by atoms with Gasteiger partial charge in [-0.1, -0.05) is 0 Å². The van der Waals surface area contributed by atoms with Crippen LogP contribution in [0.3, 0.4) is 0 Å². The van der Waals surface area contributed by atoms with E-state index in [2.05, 4.69) is 9.73 Å². The fourth-order valence-electron chi connectivity index (χ4n) is 1.09. The van der Waals surface area contributed by atoms with Gasteiger partial charge in [-0.25, -0.2) is 4.79 Å². The minimum absolute atomic E-state index is 0.101. The van der Waals surface area contributed by atoms with Gasteiger partial charge in [-0.3, -0.25) is 9.79 Å². The maximum Gasteiger partial charge on any atom is 0.337 e. The van der Waals surface area contributed by atoms with Crippen LogP contribution in [0.15, 0.2) is 16.6 Å². The van der Waals surface area contributed by atoms with E-state index < -0.39 is 11.5 Å². The van der Waals surface area contributed by atoms with E-state index >= 15 is 0 Å². The number of ketones is 1. The van der Waals surface area contributed by atoms with Crippen LogP contribution in [0.25, 0.3) is 0 Å². The van der Waals surface area contributed by atoms with E-state index in [1.165, 1.54) is 26.3 Å². The molecule has 0 spiro atoms. The molecule has 0 saturated carbocycles. The van der Waals surface area contributed by atoms with Crippen molar-refractivity contribution in [1.29, 1.82) is 0 Å². The van der Waals surface area contributed by atoms with Crippen molar-refractivity contribution in [2.24, 2.45) is 4.99 Å². The summed E-state index contributed by atoms with van der Waals surface area (Å²) in [5.74, 6) is -0.559. The maximum absolute atomic E-state index is 11.2. The van der Waals surface area contributed by atoms with Gasteiger partial charge >= 0.3 is 5.97 Å². The van der Waals surface area contributed by atoms with E-state index in [4.69, 9.17) is 0 Å². The molecule has 4 nitrogen and oxygen atoms in total. The Hall–Kier alpha value is -1.45. The van der Waals surface area contributed by atoms with E-state index in [0.29, 0.717) is 5.57 Å². The molecule has 0 N–H and O–H groups in total. The topological polar surface area (TPSA) is 55.7 Å². The van der Waals surface area contributed by atoms with Crippen molar-refractivity contribution in [1.82, 2.24) is 0 Å². The summed E-state index contributed by atoms with van der Waals surface area (Å²) in [5, 5.41) is 0. The molecule has 1 atom stereocenters. The Kier molecular flexibility index (Phi) is 2.32. The molecular weight excluding hydrogens is 170 g/mol. The summed E-state index contributed by atoms with van der Waals surface area (Å²) in [6, 6.07) is 0. The lowest BCUT2D eigenvalue weighted by Crippen LogP contribution is -2.30. The molecule has 0 amide bonds. The Labute approximate surface area is 76.3 Å². The van der Waals surface area contributed by atoms with E-state index in [9.17, 15) is 9.59 Å². The lowest BCUT2D eigenvalue weighted by molar-refractivity contribution is -0.144. The second kappa shape index (κ2) is 3.12. The van der Waals surface area contributed by atoms with Crippen LogP contribution in [-0.4, -0.2) is 30.6 Å². The number of ether oxygens (including phenoxy) is 1. The maximum atomic E-state index is 11.2. The predicted octanol–water partition coefficient (Wildman–Crippen LogP) is 0.518. The highest BCUT2D eigenvalue weighted by atomic mass is 16.5. The van der Waals surface area contributed by atoms with Crippen molar-refractivity contribution in [3.8, 4) is 0 Å². The van der Waals surface area contributed by atoms with Crippen LogP contribution in [0.4, 0.5) is 0 Å². The van der Waals surface area contributed by atoms with Crippen LogP contribution in [-0.2, 0) is 14.3 Å². The number of hydrogen-bond acceptors (Lipinski definition) is 4. The minimum atomic E-state index is -1.02. The molecular formula is C9H11NO3. The number of carbonyl (C=O) groups is 2. The second-order valence-electron chi connectivity index (χ2n) is 3.05. The number of nitrogens with zero attached hydrogens (tertiary/aromatic N) is 1. The standard InChI is InChI=1S/C9H11NO3/c1-6(11)7-4-9(2,10-5-7)8(12)13-3/h4-5H,1-3H3. The first kappa shape index (κ1) is 9.64. The molecule has 0 aromatic carbocycles. The number of Topliss-reactive ketones (excluding diaryl/α,β-unsaturated/α-hetero) is 1. The van der Waals surface area contributed by atoms with E-state index in [0.717, 1.165) is 0 Å². The number of methoxy groups -OCH3 is 1. The first-order valence-electron chi connectivity index (χ1n) is 3.87. The summed E-state index contributed by atoms with van der Waals surface area (Å²) in [4.78, 5) is 26.1. The lowest BCUT2D eigenvalue weighted by Gasteiger charge is -2.13. The van der Waals surface area contributed by atoms with Gasteiger partial charge in [0.05, 0.1) is 7.11 Å². The summed E-state index contributed by atoms with van der Waals surface area (Å²) < 4.78 is 4.56. The molecule has 0 aliphatic carbocycles. The highest BCUT2D eigenvalue weighted by molar-refractivity contribution is 6.15. The third-order valence-corrected chi connectivity index (χ3v) is 1.91. The fraction of sp³-hybridized carbons (Fsp3) is 0.444. The molecule has 0 aromatic heterocycles. The first-order chi connectivity index (χ1) is 5.99. The number of hydrogen-bond donors (Lipinski definition) is 0. The average Bonchev–Trinajstić information content (AvgIpc) is 2.48. The van der Waals surface area contributed by atoms with E-state index in [1.54, 1.807) is 6.92 Å². The molecule has 1 unspecified atom stereocenters. The van der Waals surface area contributed by atoms with Crippen molar-refractivity contribution < 1.29 is 14.3 Å².